The third-order valence-corrected chi connectivity index (χ3v) is 2.80. The average Bonchev–Trinajstić information content (AvgIpc) is 2.78. The van der Waals surface area contributed by atoms with Gasteiger partial charge in [-0.2, -0.15) is 0 Å². The minimum Gasteiger partial charge on any atom is -0.346 e. The minimum atomic E-state index is -0.569. The van der Waals surface area contributed by atoms with Crippen molar-refractivity contribution in [2.24, 2.45) is 0 Å². The van der Waals surface area contributed by atoms with Crippen molar-refractivity contribution in [3.05, 3.63) is 27.2 Å². The topological polar surface area (TPSA) is 93.9 Å². The Labute approximate surface area is 113 Å². The third kappa shape index (κ3) is 2.70. The van der Waals surface area contributed by atoms with Crippen molar-refractivity contribution in [3.8, 4) is 0 Å². The van der Waals surface area contributed by atoms with Crippen LogP contribution in [0.15, 0.2) is 15.9 Å². The molecular formula is C10H14ClN5O3. The second-order valence-corrected chi connectivity index (χ2v) is 4.01. The number of ether oxygens (including phenoxy) is 1. The van der Waals surface area contributed by atoms with Crippen LogP contribution in [0.3, 0.4) is 0 Å². The molecule has 2 N–H and O–H groups in total. The summed E-state index contributed by atoms with van der Waals surface area (Å²) >= 11 is 5.54. The molecule has 19 heavy (non-hydrogen) atoms. The van der Waals surface area contributed by atoms with E-state index in [1.165, 1.54) is 6.33 Å². The van der Waals surface area contributed by atoms with E-state index in [1.54, 1.807) is 4.57 Å². The number of nitrogens with one attached hydrogen (secondary N) is 2. The van der Waals surface area contributed by atoms with E-state index in [1.807, 2.05) is 6.92 Å². The molecule has 0 spiro atoms. The number of fused-ring (bicyclic) bond motifs is 1. The van der Waals surface area contributed by atoms with Gasteiger partial charge in [-0.1, -0.05) is 6.92 Å². The zero-order valence-electron chi connectivity index (χ0n) is 10.4. The number of halogens is 1. The van der Waals surface area contributed by atoms with E-state index >= 15 is 0 Å². The summed E-state index contributed by atoms with van der Waals surface area (Å²) in [5, 5.41) is 2.99. The maximum Gasteiger partial charge on any atom is 0.331 e. The summed E-state index contributed by atoms with van der Waals surface area (Å²) in [4.78, 5) is 30.1. The lowest BCUT2D eigenvalue weighted by molar-refractivity contribution is 0.0659. The fourth-order valence-electron chi connectivity index (χ4n) is 1.58. The molecule has 8 nitrogen and oxygen atoms in total. The van der Waals surface area contributed by atoms with Crippen molar-refractivity contribution < 1.29 is 4.74 Å². The second-order valence-electron chi connectivity index (χ2n) is 3.78. The standard InChI is InChI=1S/C10H14ClN5O3/c1-2-12-5-19-6-15-4-13-7-8(15)14-10(18)16(3-11)9(7)17/h4,12H,2-3,5-6H2,1H3,(H,14,18). The molecule has 0 aromatic carbocycles. The summed E-state index contributed by atoms with van der Waals surface area (Å²) in [6, 6.07) is -0.214. The van der Waals surface area contributed by atoms with Crippen LogP contribution in [0.25, 0.3) is 11.2 Å². The molecule has 0 atom stereocenters. The van der Waals surface area contributed by atoms with Crippen LogP contribution >= 0.6 is 11.6 Å². The molecule has 0 saturated heterocycles. The number of aromatic nitrogens is 4. The van der Waals surface area contributed by atoms with Crippen molar-refractivity contribution in [1.29, 1.82) is 0 Å². The molecule has 0 unspecified atom stereocenters. The number of aromatic amines is 1. The van der Waals surface area contributed by atoms with Gasteiger partial charge >= 0.3 is 5.69 Å². The van der Waals surface area contributed by atoms with Crippen LogP contribution < -0.4 is 16.6 Å². The summed E-state index contributed by atoms with van der Waals surface area (Å²) in [6.07, 6.45) is 1.44. The first-order valence-corrected chi connectivity index (χ1v) is 6.24. The Morgan fingerprint density at radius 3 is 3.00 bits per heavy atom. The molecule has 0 fully saturated rings. The fourth-order valence-corrected chi connectivity index (χ4v) is 1.80. The van der Waals surface area contributed by atoms with Gasteiger partial charge in [0.15, 0.2) is 5.52 Å². The summed E-state index contributed by atoms with van der Waals surface area (Å²) in [5.41, 5.74) is -0.597. The van der Waals surface area contributed by atoms with Crippen molar-refractivity contribution in [2.45, 2.75) is 19.7 Å². The predicted octanol–water partition coefficient (Wildman–Crippen LogP) is -0.376. The molecule has 9 heteroatoms. The van der Waals surface area contributed by atoms with Gasteiger partial charge in [-0.05, 0) is 6.54 Å². The van der Waals surface area contributed by atoms with Crippen LogP contribution in [0.4, 0.5) is 0 Å². The van der Waals surface area contributed by atoms with E-state index in [4.69, 9.17) is 16.3 Å². The molecule has 2 rings (SSSR count). The van der Waals surface area contributed by atoms with Crippen LogP contribution in [-0.4, -0.2) is 32.4 Å². The largest absolute Gasteiger partial charge is 0.346 e. The van der Waals surface area contributed by atoms with Gasteiger partial charge in [0.1, 0.15) is 18.4 Å². The number of rotatable bonds is 6. The maximum absolute atomic E-state index is 11.9. The van der Waals surface area contributed by atoms with Crippen molar-refractivity contribution in [1.82, 2.24) is 24.4 Å². The van der Waals surface area contributed by atoms with Gasteiger partial charge in [0, 0.05) is 0 Å². The zero-order chi connectivity index (χ0) is 13.8. The van der Waals surface area contributed by atoms with E-state index in [2.05, 4.69) is 15.3 Å². The molecule has 0 amide bonds. The number of H-pyrrole nitrogens is 1. The molecule has 0 aliphatic rings. The normalized spacial score (nSPS) is 11.3. The van der Waals surface area contributed by atoms with Gasteiger partial charge in [-0.25, -0.2) is 14.3 Å². The molecule has 0 bridgehead atoms. The van der Waals surface area contributed by atoms with Crippen LogP contribution in [0.1, 0.15) is 6.92 Å². The Morgan fingerprint density at radius 2 is 2.32 bits per heavy atom. The molecule has 0 saturated carbocycles. The van der Waals surface area contributed by atoms with Gasteiger partial charge in [0.2, 0.25) is 0 Å². The monoisotopic (exact) mass is 287 g/mol. The first kappa shape index (κ1) is 13.8. The smallest absolute Gasteiger partial charge is 0.331 e. The molecule has 104 valence electrons. The predicted molar refractivity (Wildman–Crippen MR) is 70.1 cm³/mol. The molecule has 2 heterocycles. The summed E-state index contributed by atoms with van der Waals surface area (Å²) in [6.45, 7) is 3.31. The summed E-state index contributed by atoms with van der Waals surface area (Å²) < 4.78 is 7.74. The highest BCUT2D eigenvalue weighted by Crippen LogP contribution is 2.03. The Bertz CT molecular complexity index is 674. The van der Waals surface area contributed by atoms with Crippen molar-refractivity contribution in [2.75, 3.05) is 13.3 Å². The third-order valence-electron chi connectivity index (χ3n) is 2.56. The molecule has 0 aliphatic heterocycles. The van der Waals surface area contributed by atoms with Gasteiger partial charge in [-0.15, -0.1) is 11.6 Å². The van der Waals surface area contributed by atoms with Crippen molar-refractivity contribution in [3.63, 3.8) is 0 Å². The lowest BCUT2D eigenvalue weighted by Crippen LogP contribution is -2.34. The SMILES string of the molecule is CCNCOCn1cnc2c(=O)n(CCl)c(=O)[nH]c21. The van der Waals surface area contributed by atoms with Gasteiger partial charge < -0.3 is 4.74 Å². The lowest BCUT2D eigenvalue weighted by atomic mass is 10.5. The van der Waals surface area contributed by atoms with E-state index in [0.29, 0.717) is 12.4 Å². The molecule has 2 aromatic rings. The Kier molecular flexibility index (Phi) is 4.35. The van der Waals surface area contributed by atoms with Gasteiger partial charge in [0.05, 0.1) is 13.1 Å². The highest BCUT2D eigenvalue weighted by Gasteiger charge is 2.11. The number of hydrogen-bond donors (Lipinski definition) is 2. The van der Waals surface area contributed by atoms with Crippen LogP contribution in [0.2, 0.25) is 0 Å². The van der Waals surface area contributed by atoms with Crippen LogP contribution in [0.5, 0.6) is 0 Å². The van der Waals surface area contributed by atoms with E-state index in [9.17, 15) is 9.59 Å². The Balaban J connectivity index is 2.33. The molecule has 0 aliphatic carbocycles. The van der Waals surface area contributed by atoms with Crippen molar-refractivity contribution >= 4 is 22.8 Å². The summed E-state index contributed by atoms with van der Waals surface area (Å²) in [7, 11) is 0. The number of imidazole rings is 1. The minimum absolute atomic E-state index is 0.160. The Morgan fingerprint density at radius 1 is 1.53 bits per heavy atom. The second kappa shape index (κ2) is 6.00. The van der Waals surface area contributed by atoms with Gasteiger partial charge in [0.25, 0.3) is 5.56 Å². The zero-order valence-corrected chi connectivity index (χ0v) is 11.1. The Hall–Kier alpha value is -1.64. The van der Waals surface area contributed by atoms with Crippen LogP contribution in [-0.2, 0) is 17.5 Å². The number of alkyl halides is 1. The number of nitrogens with zero attached hydrogens (tertiary/aromatic N) is 3. The molecule has 2 aromatic heterocycles. The van der Waals surface area contributed by atoms with E-state index in [0.717, 1.165) is 11.1 Å². The van der Waals surface area contributed by atoms with E-state index < -0.39 is 11.2 Å². The first-order chi connectivity index (χ1) is 9.19. The first-order valence-electron chi connectivity index (χ1n) is 5.71. The highest BCUT2D eigenvalue weighted by atomic mass is 35.5. The van der Waals surface area contributed by atoms with Crippen LogP contribution in [0, 0.1) is 0 Å². The maximum atomic E-state index is 11.9. The quantitative estimate of drug-likeness (QED) is 0.429. The van der Waals surface area contributed by atoms with E-state index in [-0.39, 0.29) is 18.3 Å². The average molecular weight is 288 g/mol. The van der Waals surface area contributed by atoms with Gasteiger partial charge in [-0.3, -0.25) is 19.7 Å². The number of hydrogen-bond acceptors (Lipinski definition) is 5. The highest BCUT2D eigenvalue weighted by molar-refractivity contribution is 6.15. The molecule has 0 radical (unpaired) electrons. The lowest BCUT2D eigenvalue weighted by Gasteiger charge is -2.06. The fraction of sp³-hybridized carbons (Fsp3) is 0.500. The molecular weight excluding hydrogens is 274 g/mol. The summed E-state index contributed by atoms with van der Waals surface area (Å²) in [5.74, 6) is 0.